The van der Waals surface area contributed by atoms with Crippen molar-refractivity contribution in [2.45, 2.75) is 33.2 Å². The number of nitrogens with zero attached hydrogens (tertiary/aromatic N) is 3. The SMILES string of the molecule is CCOC(=O)[C@@H]1C(=O)N(CCC(C)C)c2nc3ccccc3n2[C@H]1c1ccc(OC)c(OC)c1. The molecule has 2 atom stereocenters. The van der Waals surface area contributed by atoms with E-state index in [9.17, 15) is 9.59 Å². The van der Waals surface area contributed by atoms with Gasteiger partial charge in [-0.1, -0.05) is 32.0 Å². The number of esters is 1. The highest BCUT2D eigenvalue weighted by Gasteiger charge is 2.48. The van der Waals surface area contributed by atoms with Gasteiger partial charge in [-0.25, -0.2) is 4.98 Å². The van der Waals surface area contributed by atoms with E-state index in [0.29, 0.717) is 29.9 Å². The topological polar surface area (TPSA) is 82.9 Å². The van der Waals surface area contributed by atoms with Crippen molar-refractivity contribution in [3.8, 4) is 11.5 Å². The first-order chi connectivity index (χ1) is 16.4. The van der Waals surface area contributed by atoms with Crippen molar-refractivity contribution >= 4 is 28.9 Å². The van der Waals surface area contributed by atoms with E-state index in [1.807, 2.05) is 41.0 Å². The summed E-state index contributed by atoms with van der Waals surface area (Å²) in [4.78, 5) is 33.6. The van der Waals surface area contributed by atoms with Crippen molar-refractivity contribution < 1.29 is 23.8 Å². The fourth-order valence-corrected chi connectivity index (χ4v) is 4.48. The number of benzene rings is 2. The number of hydrogen-bond donors (Lipinski definition) is 0. The molecule has 0 fully saturated rings. The first-order valence-corrected chi connectivity index (χ1v) is 11.6. The molecule has 0 unspecified atom stereocenters. The normalized spacial score (nSPS) is 17.7. The molecular formula is C26H31N3O5. The predicted molar refractivity (Wildman–Crippen MR) is 129 cm³/mol. The largest absolute Gasteiger partial charge is 0.493 e. The lowest BCUT2D eigenvalue weighted by Gasteiger charge is -2.38. The Morgan fingerprint density at radius 2 is 1.82 bits per heavy atom. The number of fused-ring (bicyclic) bond motifs is 3. The van der Waals surface area contributed by atoms with Crippen LogP contribution in [-0.4, -0.2) is 48.8 Å². The standard InChI is InChI=1S/C26H31N3O5/c1-6-34-25(31)22-23(17-11-12-20(32-4)21(15-17)33-5)29-19-10-8-7-9-18(19)27-26(29)28(24(22)30)14-13-16(2)3/h7-12,15-16,22-23H,6,13-14H2,1-5H3/t22-,23-/m0/s1. The lowest BCUT2D eigenvalue weighted by molar-refractivity contribution is -0.153. The number of hydrogen-bond acceptors (Lipinski definition) is 6. The van der Waals surface area contributed by atoms with Gasteiger partial charge in [0.2, 0.25) is 11.9 Å². The van der Waals surface area contributed by atoms with E-state index in [4.69, 9.17) is 19.2 Å². The molecule has 2 heterocycles. The van der Waals surface area contributed by atoms with E-state index >= 15 is 0 Å². The van der Waals surface area contributed by atoms with Gasteiger partial charge in [0.1, 0.15) is 0 Å². The fourth-order valence-electron chi connectivity index (χ4n) is 4.48. The number of amides is 1. The summed E-state index contributed by atoms with van der Waals surface area (Å²) in [5.74, 6) is 0.0864. The molecule has 0 aliphatic carbocycles. The molecule has 3 aromatic rings. The third kappa shape index (κ3) is 4.08. The quantitative estimate of drug-likeness (QED) is 0.366. The molecule has 0 saturated carbocycles. The average molecular weight is 466 g/mol. The first-order valence-electron chi connectivity index (χ1n) is 11.6. The molecule has 2 aromatic carbocycles. The molecule has 1 aromatic heterocycles. The van der Waals surface area contributed by atoms with E-state index in [-0.39, 0.29) is 12.5 Å². The van der Waals surface area contributed by atoms with Crippen LogP contribution in [-0.2, 0) is 14.3 Å². The second-order valence-corrected chi connectivity index (χ2v) is 8.73. The summed E-state index contributed by atoms with van der Waals surface area (Å²) in [6, 6.07) is 12.5. The Labute approximate surface area is 199 Å². The Bertz CT molecular complexity index is 1200. The minimum atomic E-state index is -1.06. The molecule has 0 saturated heterocycles. The van der Waals surface area contributed by atoms with Gasteiger partial charge in [-0.15, -0.1) is 0 Å². The lowest BCUT2D eigenvalue weighted by atomic mass is 9.89. The highest BCUT2D eigenvalue weighted by Crippen LogP contribution is 2.43. The number of aromatic nitrogens is 2. The molecule has 1 aliphatic heterocycles. The Morgan fingerprint density at radius 1 is 1.09 bits per heavy atom. The van der Waals surface area contributed by atoms with Gasteiger partial charge in [-0.2, -0.15) is 0 Å². The summed E-state index contributed by atoms with van der Waals surface area (Å²) >= 11 is 0. The van der Waals surface area contributed by atoms with Crippen LogP contribution >= 0.6 is 0 Å². The van der Waals surface area contributed by atoms with Crippen molar-refractivity contribution in [3.05, 3.63) is 48.0 Å². The predicted octanol–water partition coefficient (Wildman–Crippen LogP) is 4.21. The van der Waals surface area contributed by atoms with Crippen molar-refractivity contribution in [2.24, 2.45) is 11.8 Å². The molecule has 180 valence electrons. The zero-order valence-electron chi connectivity index (χ0n) is 20.3. The third-order valence-electron chi connectivity index (χ3n) is 6.16. The van der Waals surface area contributed by atoms with E-state index in [2.05, 4.69) is 13.8 Å². The van der Waals surface area contributed by atoms with Crippen LogP contribution < -0.4 is 14.4 Å². The van der Waals surface area contributed by atoms with Crippen molar-refractivity contribution in [3.63, 3.8) is 0 Å². The van der Waals surface area contributed by atoms with Crippen LogP contribution in [0.15, 0.2) is 42.5 Å². The molecule has 34 heavy (non-hydrogen) atoms. The molecule has 0 spiro atoms. The summed E-state index contributed by atoms with van der Waals surface area (Å²) in [6.07, 6.45) is 0.783. The summed E-state index contributed by atoms with van der Waals surface area (Å²) in [5, 5.41) is 0. The Balaban J connectivity index is 1.97. The summed E-state index contributed by atoms with van der Waals surface area (Å²) < 4.78 is 18.3. The van der Waals surface area contributed by atoms with Crippen molar-refractivity contribution in [1.29, 1.82) is 0 Å². The van der Waals surface area contributed by atoms with Gasteiger partial charge in [0.25, 0.3) is 0 Å². The molecular weight excluding hydrogens is 434 g/mol. The van der Waals surface area contributed by atoms with Crippen molar-refractivity contribution in [2.75, 3.05) is 32.3 Å². The van der Waals surface area contributed by atoms with Crippen LogP contribution in [0.4, 0.5) is 5.95 Å². The minimum Gasteiger partial charge on any atom is -0.493 e. The number of para-hydroxylation sites is 2. The van der Waals surface area contributed by atoms with E-state index in [1.54, 1.807) is 32.1 Å². The summed E-state index contributed by atoms with van der Waals surface area (Å²) in [7, 11) is 3.12. The number of methoxy groups -OCH3 is 2. The number of anilines is 1. The molecule has 0 radical (unpaired) electrons. The number of carbonyl (C=O) groups excluding carboxylic acids is 2. The highest BCUT2D eigenvalue weighted by molar-refractivity contribution is 6.08. The molecule has 1 amide bonds. The monoisotopic (exact) mass is 465 g/mol. The lowest BCUT2D eigenvalue weighted by Crippen LogP contribution is -2.50. The molecule has 0 bridgehead atoms. The molecule has 4 rings (SSSR count). The minimum absolute atomic E-state index is 0.185. The van der Waals surface area contributed by atoms with Crippen molar-refractivity contribution in [1.82, 2.24) is 9.55 Å². The maximum atomic E-state index is 13.9. The van der Waals surface area contributed by atoms with Crippen LogP contribution in [0.2, 0.25) is 0 Å². The van der Waals surface area contributed by atoms with E-state index in [0.717, 1.165) is 23.0 Å². The fraction of sp³-hybridized carbons (Fsp3) is 0.423. The third-order valence-corrected chi connectivity index (χ3v) is 6.16. The molecule has 8 heteroatoms. The van der Waals surface area contributed by atoms with Gasteiger partial charge in [0.15, 0.2) is 17.4 Å². The van der Waals surface area contributed by atoms with Gasteiger partial charge < -0.3 is 18.8 Å². The Morgan fingerprint density at radius 3 is 2.50 bits per heavy atom. The maximum absolute atomic E-state index is 13.9. The summed E-state index contributed by atoms with van der Waals surface area (Å²) in [6.45, 7) is 6.60. The smallest absolute Gasteiger partial charge is 0.321 e. The summed E-state index contributed by atoms with van der Waals surface area (Å²) in [5.41, 5.74) is 2.33. The van der Waals surface area contributed by atoms with E-state index < -0.39 is 17.9 Å². The van der Waals surface area contributed by atoms with Gasteiger partial charge in [-0.05, 0) is 49.1 Å². The number of carbonyl (C=O) groups is 2. The number of imidazole rings is 1. The van der Waals surface area contributed by atoms with Crippen LogP contribution in [0.25, 0.3) is 11.0 Å². The van der Waals surface area contributed by atoms with Gasteiger partial charge >= 0.3 is 5.97 Å². The van der Waals surface area contributed by atoms with Crippen LogP contribution in [0.1, 0.15) is 38.8 Å². The zero-order valence-corrected chi connectivity index (χ0v) is 20.3. The molecule has 8 nitrogen and oxygen atoms in total. The van der Waals surface area contributed by atoms with Gasteiger partial charge in [0, 0.05) is 6.54 Å². The second-order valence-electron chi connectivity index (χ2n) is 8.73. The molecule has 0 N–H and O–H groups in total. The number of rotatable bonds is 8. The van der Waals surface area contributed by atoms with Gasteiger partial charge in [-0.3, -0.25) is 14.5 Å². The van der Waals surface area contributed by atoms with E-state index in [1.165, 1.54) is 0 Å². The van der Waals surface area contributed by atoms with Crippen LogP contribution in [0.5, 0.6) is 11.5 Å². The maximum Gasteiger partial charge on any atom is 0.321 e. The highest BCUT2D eigenvalue weighted by atomic mass is 16.5. The molecule has 1 aliphatic rings. The van der Waals surface area contributed by atoms with Crippen LogP contribution in [0.3, 0.4) is 0 Å². The Kier molecular flexibility index (Phi) is 6.77. The first kappa shape index (κ1) is 23.6. The van der Waals surface area contributed by atoms with Gasteiger partial charge in [0.05, 0.1) is 37.9 Å². The second kappa shape index (κ2) is 9.75. The zero-order chi connectivity index (χ0) is 24.4. The van der Waals surface area contributed by atoms with Crippen LogP contribution in [0, 0.1) is 11.8 Å². The average Bonchev–Trinajstić information content (AvgIpc) is 3.21. The number of ether oxygens (including phenoxy) is 3. The Hall–Kier alpha value is -3.55.